The largest absolute Gasteiger partial charge is 0.347 e. The molecular formula is C17H27N3O2. The van der Waals surface area contributed by atoms with Gasteiger partial charge in [-0.1, -0.05) is 19.4 Å². The van der Waals surface area contributed by atoms with Gasteiger partial charge in [-0.25, -0.2) is 0 Å². The Hall–Kier alpha value is -1.88. The number of rotatable bonds is 5. The molecule has 0 aliphatic heterocycles. The number of hydrogen-bond acceptors (Lipinski definition) is 3. The van der Waals surface area contributed by atoms with Crippen LogP contribution in [0.25, 0.3) is 0 Å². The van der Waals surface area contributed by atoms with Crippen molar-refractivity contribution in [2.45, 2.75) is 58.5 Å². The number of carbonyl (C=O) groups is 2. The van der Waals surface area contributed by atoms with Crippen LogP contribution in [0.15, 0.2) is 24.3 Å². The fourth-order valence-corrected chi connectivity index (χ4v) is 2.06. The summed E-state index contributed by atoms with van der Waals surface area (Å²) in [5.41, 5.74) is 5.85. The van der Waals surface area contributed by atoms with Gasteiger partial charge in [0, 0.05) is 16.8 Å². The number of anilines is 1. The summed E-state index contributed by atoms with van der Waals surface area (Å²) in [6, 6.07) is 6.85. The lowest BCUT2D eigenvalue weighted by molar-refractivity contribution is -0.120. The second kappa shape index (κ2) is 6.92. The molecule has 5 heteroatoms. The summed E-state index contributed by atoms with van der Waals surface area (Å²) < 4.78 is 0. The second-order valence-electron chi connectivity index (χ2n) is 6.91. The third-order valence-electron chi connectivity index (χ3n) is 3.16. The van der Waals surface area contributed by atoms with Gasteiger partial charge >= 0.3 is 0 Å². The van der Waals surface area contributed by atoms with Crippen molar-refractivity contribution >= 4 is 17.5 Å². The Morgan fingerprint density at radius 3 is 2.36 bits per heavy atom. The third kappa shape index (κ3) is 5.48. The average Bonchev–Trinajstić information content (AvgIpc) is 2.37. The Labute approximate surface area is 132 Å². The number of amides is 2. The van der Waals surface area contributed by atoms with Crippen molar-refractivity contribution in [2.75, 3.05) is 5.32 Å². The van der Waals surface area contributed by atoms with Crippen LogP contribution in [0, 0.1) is 0 Å². The van der Waals surface area contributed by atoms with Gasteiger partial charge in [0.15, 0.2) is 0 Å². The van der Waals surface area contributed by atoms with Crippen LogP contribution >= 0.6 is 0 Å². The Morgan fingerprint density at radius 2 is 1.82 bits per heavy atom. The van der Waals surface area contributed by atoms with E-state index in [1.807, 2.05) is 27.7 Å². The van der Waals surface area contributed by atoms with E-state index in [1.165, 1.54) is 0 Å². The van der Waals surface area contributed by atoms with Gasteiger partial charge in [-0.05, 0) is 52.3 Å². The van der Waals surface area contributed by atoms with Crippen LogP contribution < -0.4 is 16.4 Å². The van der Waals surface area contributed by atoms with Crippen LogP contribution in [0.4, 0.5) is 5.69 Å². The lowest BCUT2D eigenvalue weighted by atomic mass is 9.96. The molecule has 0 fully saturated rings. The van der Waals surface area contributed by atoms with Gasteiger partial charge in [-0.2, -0.15) is 0 Å². The Bertz CT molecular complexity index is 545. The van der Waals surface area contributed by atoms with Gasteiger partial charge in [0.25, 0.3) is 5.91 Å². The zero-order valence-electron chi connectivity index (χ0n) is 14.1. The standard InChI is InChI=1S/C17H27N3O2/c1-6-10-17(5,18)15(22)19-13-9-7-8-12(11-13)14(21)20-16(2,3)4/h7-9,11H,6,10,18H2,1-5H3,(H,19,22)(H,20,21). The van der Waals surface area contributed by atoms with Crippen molar-refractivity contribution in [3.05, 3.63) is 29.8 Å². The van der Waals surface area contributed by atoms with E-state index < -0.39 is 5.54 Å². The van der Waals surface area contributed by atoms with Gasteiger partial charge in [-0.3, -0.25) is 9.59 Å². The lowest BCUT2D eigenvalue weighted by Gasteiger charge is -2.23. The first-order valence-electron chi connectivity index (χ1n) is 7.58. The fourth-order valence-electron chi connectivity index (χ4n) is 2.06. The van der Waals surface area contributed by atoms with Crippen LogP contribution in [-0.2, 0) is 4.79 Å². The van der Waals surface area contributed by atoms with Gasteiger partial charge in [0.1, 0.15) is 0 Å². The number of nitrogens with two attached hydrogens (primary N) is 1. The lowest BCUT2D eigenvalue weighted by Crippen LogP contribution is -2.48. The minimum Gasteiger partial charge on any atom is -0.347 e. The van der Waals surface area contributed by atoms with Crippen molar-refractivity contribution < 1.29 is 9.59 Å². The zero-order chi connectivity index (χ0) is 17.0. The molecule has 1 atom stereocenters. The SMILES string of the molecule is CCCC(C)(N)C(=O)Nc1cccc(C(=O)NC(C)(C)C)c1. The van der Waals surface area contributed by atoms with E-state index in [4.69, 9.17) is 5.73 Å². The first-order valence-corrected chi connectivity index (χ1v) is 7.58. The summed E-state index contributed by atoms with van der Waals surface area (Å²) in [6.45, 7) is 9.45. The molecule has 22 heavy (non-hydrogen) atoms. The molecule has 0 saturated carbocycles. The maximum absolute atomic E-state index is 12.2. The quantitative estimate of drug-likeness (QED) is 0.782. The first-order chi connectivity index (χ1) is 10.0. The molecule has 0 aliphatic rings. The molecule has 0 aromatic heterocycles. The maximum atomic E-state index is 12.2. The molecule has 0 spiro atoms. The highest BCUT2D eigenvalue weighted by Gasteiger charge is 2.27. The number of benzene rings is 1. The molecule has 2 amide bonds. The molecular weight excluding hydrogens is 278 g/mol. The van der Waals surface area contributed by atoms with E-state index in [-0.39, 0.29) is 17.4 Å². The van der Waals surface area contributed by atoms with Crippen molar-refractivity contribution in [1.82, 2.24) is 5.32 Å². The van der Waals surface area contributed by atoms with Crippen LogP contribution in [0.2, 0.25) is 0 Å². The molecule has 1 aromatic carbocycles. The Kier molecular flexibility index (Phi) is 5.72. The molecule has 1 aromatic rings. The van der Waals surface area contributed by atoms with E-state index in [0.717, 1.165) is 6.42 Å². The molecule has 1 unspecified atom stereocenters. The Morgan fingerprint density at radius 1 is 1.18 bits per heavy atom. The maximum Gasteiger partial charge on any atom is 0.251 e. The van der Waals surface area contributed by atoms with E-state index in [1.54, 1.807) is 31.2 Å². The van der Waals surface area contributed by atoms with Gasteiger partial charge in [0.05, 0.1) is 5.54 Å². The molecule has 0 bridgehead atoms. The van der Waals surface area contributed by atoms with Crippen molar-refractivity contribution in [3.8, 4) is 0 Å². The van der Waals surface area contributed by atoms with Crippen LogP contribution in [0.5, 0.6) is 0 Å². The molecule has 0 heterocycles. The number of nitrogens with one attached hydrogen (secondary N) is 2. The van der Waals surface area contributed by atoms with Crippen LogP contribution in [-0.4, -0.2) is 22.9 Å². The highest BCUT2D eigenvalue weighted by atomic mass is 16.2. The van der Waals surface area contributed by atoms with E-state index in [9.17, 15) is 9.59 Å². The van der Waals surface area contributed by atoms with E-state index >= 15 is 0 Å². The van der Waals surface area contributed by atoms with Gasteiger partial charge < -0.3 is 16.4 Å². The van der Waals surface area contributed by atoms with Crippen molar-refractivity contribution in [3.63, 3.8) is 0 Å². The Balaban J connectivity index is 2.85. The summed E-state index contributed by atoms with van der Waals surface area (Å²) in [4.78, 5) is 24.3. The average molecular weight is 305 g/mol. The molecule has 5 nitrogen and oxygen atoms in total. The van der Waals surface area contributed by atoms with Gasteiger partial charge in [0.2, 0.25) is 5.91 Å². The molecule has 0 saturated heterocycles. The normalized spacial score (nSPS) is 14.1. The molecule has 4 N–H and O–H groups in total. The third-order valence-corrected chi connectivity index (χ3v) is 3.16. The molecule has 122 valence electrons. The van der Waals surface area contributed by atoms with Crippen LogP contribution in [0.3, 0.4) is 0 Å². The highest BCUT2D eigenvalue weighted by Crippen LogP contribution is 2.16. The zero-order valence-corrected chi connectivity index (χ0v) is 14.1. The minimum atomic E-state index is -0.918. The summed E-state index contributed by atoms with van der Waals surface area (Å²) in [5, 5.41) is 5.67. The van der Waals surface area contributed by atoms with Crippen LogP contribution in [0.1, 0.15) is 57.8 Å². The monoisotopic (exact) mass is 305 g/mol. The number of hydrogen-bond donors (Lipinski definition) is 3. The highest BCUT2D eigenvalue weighted by molar-refractivity contribution is 6.00. The minimum absolute atomic E-state index is 0.173. The summed E-state index contributed by atoms with van der Waals surface area (Å²) in [6.07, 6.45) is 1.43. The predicted octanol–water partition coefficient (Wildman–Crippen LogP) is 2.67. The predicted molar refractivity (Wildman–Crippen MR) is 89.8 cm³/mol. The summed E-state index contributed by atoms with van der Waals surface area (Å²) >= 11 is 0. The summed E-state index contributed by atoms with van der Waals surface area (Å²) in [7, 11) is 0. The second-order valence-corrected chi connectivity index (χ2v) is 6.91. The van der Waals surface area contributed by atoms with Crippen molar-refractivity contribution in [2.24, 2.45) is 5.73 Å². The molecule has 0 radical (unpaired) electrons. The van der Waals surface area contributed by atoms with Crippen molar-refractivity contribution in [1.29, 1.82) is 0 Å². The smallest absolute Gasteiger partial charge is 0.251 e. The number of carbonyl (C=O) groups excluding carboxylic acids is 2. The van der Waals surface area contributed by atoms with Gasteiger partial charge in [-0.15, -0.1) is 0 Å². The molecule has 0 aliphatic carbocycles. The summed E-state index contributed by atoms with van der Waals surface area (Å²) in [5.74, 6) is -0.421. The molecule has 1 rings (SSSR count). The van der Waals surface area contributed by atoms with E-state index in [2.05, 4.69) is 10.6 Å². The topological polar surface area (TPSA) is 84.2 Å². The fraction of sp³-hybridized carbons (Fsp3) is 0.529. The first kappa shape index (κ1) is 18.2. The van der Waals surface area contributed by atoms with E-state index in [0.29, 0.717) is 17.7 Å².